The van der Waals surface area contributed by atoms with E-state index >= 15 is 0 Å². The van der Waals surface area contributed by atoms with Crippen LogP contribution in [0.2, 0.25) is 0 Å². The lowest BCUT2D eigenvalue weighted by Gasteiger charge is -2.26. The van der Waals surface area contributed by atoms with Crippen LogP contribution in [0.4, 0.5) is 11.4 Å². The minimum absolute atomic E-state index is 0.321. The average molecular weight is 404 g/mol. The van der Waals surface area contributed by atoms with E-state index in [2.05, 4.69) is 5.32 Å². The van der Waals surface area contributed by atoms with Gasteiger partial charge in [0.05, 0.1) is 11.9 Å². The van der Waals surface area contributed by atoms with Gasteiger partial charge < -0.3 is 14.8 Å². The third kappa shape index (κ3) is 4.39. The highest BCUT2D eigenvalue weighted by Crippen LogP contribution is 2.33. The maximum atomic E-state index is 12.6. The highest BCUT2D eigenvalue weighted by molar-refractivity contribution is 7.92. The molecule has 0 bridgehead atoms. The maximum absolute atomic E-state index is 12.6. The number of aryl methyl sites for hydroxylation is 3. The van der Waals surface area contributed by atoms with Gasteiger partial charge in [-0.25, -0.2) is 8.42 Å². The van der Waals surface area contributed by atoms with Crippen LogP contribution in [0.3, 0.4) is 0 Å². The Labute approximate surface area is 165 Å². The van der Waals surface area contributed by atoms with Crippen molar-refractivity contribution in [3.05, 3.63) is 47.0 Å². The first-order valence-corrected chi connectivity index (χ1v) is 10.7. The van der Waals surface area contributed by atoms with Crippen LogP contribution in [0.1, 0.15) is 16.7 Å². The Kier molecular flexibility index (Phi) is 5.51. The molecular weight excluding hydrogens is 380 g/mol. The first kappa shape index (κ1) is 20.0. The Morgan fingerprint density at radius 1 is 1.04 bits per heavy atom. The Morgan fingerprint density at radius 2 is 1.64 bits per heavy atom. The molecule has 0 saturated heterocycles. The van der Waals surface area contributed by atoms with E-state index in [9.17, 15) is 13.2 Å². The largest absolute Gasteiger partial charge is 0.486 e. The van der Waals surface area contributed by atoms with Gasteiger partial charge in [-0.2, -0.15) is 0 Å². The van der Waals surface area contributed by atoms with Crippen molar-refractivity contribution in [1.29, 1.82) is 0 Å². The maximum Gasteiger partial charge on any atom is 0.245 e. The molecule has 2 aromatic rings. The molecule has 0 fully saturated rings. The summed E-state index contributed by atoms with van der Waals surface area (Å²) >= 11 is 0. The van der Waals surface area contributed by atoms with Crippen LogP contribution in [0.15, 0.2) is 30.3 Å². The number of ether oxygens (including phenoxy) is 2. The zero-order chi connectivity index (χ0) is 20.5. The molecule has 8 heteroatoms. The number of benzene rings is 2. The van der Waals surface area contributed by atoms with Crippen LogP contribution >= 0.6 is 0 Å². The zero-order valence-electron chi connectivity index (χ0n) is 16.4. The van der Waals surface area contributed by atoms with Crippen molar-refractivity contribution in [2.24, 2.45) is 0 Å². The normalized spacial score (nSPS) is 13.1. The third-order valence-electron chi connectivity index (χ3n) is 4.40. The van der Waals surface area contributed by atoms with Gasteiger partial charge in [0.15, 0.2) is 11.5 Å². The van der Waals surface area contributed by atoms with Gasteiger partial charge in [-0.15, -0.1) is 0 Å². The predicted molar refractivity (Wildman–Crippen MR) is 109 cm³/mol. The number of sulfonamides is 1. The van der Waals surface area contributed by atoms with Crippen molar-refractivity contribution < 1.29 is 22.7 Å². The van der Waals surface area contributed by atoms with Gasteiger partial charge >= 0.3 is 0 Å². The SMILES string of the molecule is Cc1cc(C)c(N(CC(=O)Nc2ccc3c(c2)OCCO3)S(C)(=O)=O)c(C)c1. The molecule has 1 aliphatic heterocycles. The standard InChI is InChI=1S/C20H24N2O5S/c1-13-9-14(2)20(15(3)10-13)22(28(4,24)25)12-19(23)21-16-5-6-17-18(11-16)27-8-7-26-17/h5-6,9-11H,7-8,12H2,1-4H3,(H,21,23). The van der Waals surface area contributed by atoms with Crippen LogP contribution < -0.4 is 19.1 Å². The van der Waals surface area contributed by atoms with Gasteiger partial charge in [0, 0.05) is 11.8 Å². The monoisotopic (exact) mass is 404 g/mol. The molecular formula is C20H24N2O5S. The van der Waals surface area contributed by atoms with Crippen LogP contribution in [-0.2, 0) is 14.8 Å². The number of nitrogens with one attached hydrogen (secondary N) is 1. The fourth-order valence-corrected chi connectivity index (χ4v) is 4.35. The molecule has 28 heavy (non-hydrogen) atoms. The van der Waals surface area contributed by atoms with Gasteiger partial charge in [0.2, 0.25) is 15.9 Å². The molecule has 0 unspecified atom stereocenters. The van der Waals surface area contributed by atoms with E-state index in [0.29, 0.717) is 36.1 Å². The molecule has 0 atom stereocenters. The number of nitrogens with zero attached hydrogens (tertiary/aromatic N) is 1. The number of fused-ring (bicyclic) bond motifs is 1. The highest BCUT2D eigenvalue weighted by Gasteiger charge is 2.24. The lowest BCUT2D eigenvalue weighted by Crippen LogP contribution is -2.38. The summed E-state index contributed by atoms with van der Waals surface area (Å²) in [6, 6.07) is 8.88. The van der Waals surface area contributed by atoms with E-state index in [0.717, 1.165) is 27.3 Å². The van der Waals surface area contributed by atoms with Crippen molar-refractivity contribution in [2.45, 2.75) is 20.8 Å². The lowest BCUT2D eigenvalue weighted by molar-refractivity contribution is -0.114. The van der Waals surface area contributed by atoms with Crippen LogP contribution in [0, 0.1) is 20.8 Å². The first-order valence-electron chi connectivity index (χ1n) is 8.90. The van der Waals surface area contributed by atoms with Gasteiger partial charge in [-0.3, -0.25) is 9.10 Å². The number of hydrogen-bond donors (Lipinski definition) is 1. The second-order valence-electron chi connectivity index (χ2n) is 6.92. The number of carbonyl (C=O) groups excluding carboxylic acids is 1. The molecule has 1 amide bonds. The predicted octanol–water partition coefficient (Wildman–Crippen LogP) is 2.79. The van der Waals surface area contributed by atoms with Crippen molar-refractivity contribution in [1.82, 2.24) is 0 Å². The molecule has 1 heterocycles. The fourth-order valence-electron chi connectivity index (χ4n) is 3.38. The first-order chi connectivity index (χ1) is 13.1. The van der Waals surface area contributed by atoms with Crippen molar-refractivity contribution >= 4 is 27.3 Å². The molecule has 0 aromatic heterocycles. The second-order valence-corrected chi connectivity index (χ2v) is 8.83. The quantitative estimate of drug-likeness (QED) is 0.828. The van der Waals surface area contributed by atoms with Crippen LogP contribution in [0.5, 0.6) is 11.5 Å². The lowest BCUT2D eigenvalue weighted by atomic mass is 10.1. The summed E-state index contributed by atoms with van der Waals surface area (Å²) in [6.07, 6.45) is 1.10. The van der Waals surface area contributed by atoms with E-state index in [1.165, 1.54) is 0 Å². The zero-order valence-corrected chi connectivity index (χ0v) is 17.2. The van der Waals surface area contributed by atoms with Crippen molar-refractivity contribution in [2.75, 3.05) is 35.6 Å². The van der Waals surface area contributed by atoms with Gasteiger partial charge in [-0.05, 0) is 44.0 Å². The minimum atomic E-state index is -3.65. The topological polar surface area (TPSA) is 84.9 Å². The van der Waals surface area contributed by atoms with Gasteiger partial charge in [0.1, 0.15) is 19.8 Å². The van der Waals surface area contributed by atoms with Crippen molar-refractivity contribution in [3.8, 4) is 11.5 Å². The molecule has 1 aliphatic rings. The second kappa shape index (κ2) is 7.71. The van der Waals surface area contributed by atoms with E-state index < -0.39 is 15.9 Å². The number of hydrogen-bond acceptors (Lipinski definition) is 5. The molecule has 0 radical (unpaired) electrons. The van der Waals surface area contributed by atoms with E-state index in [4.69, 9.17) is 9.47 Å². The van der Waals surface area contributed by atoms with Crippen molar-refractivity contribution in [3.63, 3.8) is 0 Å². The summed E-state index contributed by atoms with van der Waals surface area (Å²) in [4.78, 5) is 12.6. The molecule has 7 nitrogen and oxygen atoms in total. The Hall–Kier alpha value is -2.74. The fraction of sp³-hybridized carbons (Fsp3) is 0.350. The summed E-state index contributed by atoms with van der Waals surface area (Å²) in [6.45, 7) is 6.23. The van der Waals surface area contributed by atoms with Crippen LogP contribution in [0.25, 0.3) is 0 Å². The minimum Gasteiger partial charge on any atom is -0.486 e. The number of amides is 1. The molecule has 3 rings (SSSR count). The Morgan fingerprint density at radius 3 is 2.25 bits per heavy atom. The van der Waals surface area contributed by atoms with E-state index in [1.54, 1.807) is 18.2 Å². The van der Waals surface area contributed by atoms with E-state index in [1.807, 2.05) is 32.9 Å². The summed E-state index contributed by atoms with van der Waals surface area (Å²) < 4.78 is 36.9. The summed E-state index contributed by atoms with van der Waals surface area (Å²) in [5.74, 6) is 0.726. The van der Waals surface area contributed by atoms with Gasteiger partial charge in [-0.1, -0.05) is 17.7 Å². The molecule has 0 aliphatic carbocycles. The average Bonchev–Trinajstić information content (AvgIpc) is 2.59. The highest BCUT2D eigenvalue weighted by atomic mass is 32.2. The number of rotatable bonds is 5. The molecule has 0 spiro atoms. The summed E-state index contributed by atoms with van der Waals surface area (Å²) in [5, 5.41) is 2.73. The molecule has 150 valence electrons. The summed E-state index contributed by atoms with van der Waals surface area (Å²) in [5.41, 5.74) is 3.68. The number of anilines is 2. The molecule has 0 saturated carbocycles. The molecule has 1 N–H and O–H groups in total. The molecule has 2 aromatic carbocycles. The smallest absolute Gasteiger partial charge is 0.245 e. The van der Waals surface area contributed by atoms with Crippen LogP contribution in [-0.4, -0.2) is 40.3 Å². The van der Waals surface area contributed by atoms with E-state index in [-0.39, 0.29) is 6.54 Å². The summed E-state index contributed by atoms with van der Waals surface area (Å²) in [7, 11) is -3.65. The Balaban J connectivity index is 1.83. The third-order valence-corrected chi connectivity index (χ3v) is 5.51. The Bertz CT molecular complexity index is 994. The number of carbonyl (C=O) groups is 1. The van der Waals surface area contributed by atoms with Gasteiger partial charge in [0.25, 0.3) is 0 Å².